The van der Waals surface area contributed by atoms with E-state index in [1.54, 1.807) is 0 Å². The van der Waals surface area contributed by atoms with Gasteiger partial charge in [-0.1, -0.05) is 12.1 Å². The largest absolute Gasteiger partial charge is 0.469 e. The molecule has 1 aromatic heterocycles. The van der Waals surface area contributed by atoms with Crippen molar-refractivity contribution in [3.05, 3.63) is 35.5 Å². The van der Waals surface area contributed by atoms with E-state index < -0.39 is 0 Å². The molecule has 1 aliphatic heterocycles. The third-order valence-corrected chi connectivity index (χ3v) is 5.71. The van der Waals surface area contributed by atoms with E-state index in [0.717, 1.165) is 19.4 Å². The Morgan fingerprint density at radius 2 is 2.22 bits per heavy atom. The number of nitrogens with one attached hydrogen (secondary N) is 1. The molecule has 0 saturated carbocycles. The van der Waals surface area contributed by atoms with Crippen LogP contribution in [0.25, 0.3) is 10.9 Å². The molecule has 122 valence electrons. The zero-order valence-corrected chi connectivity index (χ0v) is 14.0. The van der Waals surface area contributed by atoms with Gasteiger partial charge in [-0.3, -0.25) is 9.69 Å². The van der Waals surface area contributed by atoms with Gasteiger partial charge in [0.2, 0.25) is 0 Å². The van der Waals surface area contributed by atoms with Gasteiger partial charge in [0.15, 0.2) is 0 Å². The first kappa shape index (κ1) is 14.8. The molecule has 1 fully saturated rings. The van der Waals surface area contributed by atoms with Gasteiger partial charge >= 0.3 is 5.97 Å². The maximum atomic E-state index is 12.2. The number of piperidine rings is 1. The number of hydrogen-bond donors (Lipinski definition) is 1. The van der Waals surface area contributed by atoms with E-state index in [2.05, 4.69) is 48.1 Å². The summed E-state index contributed by atoms with van der Waals surface area (Å²) in [6.07, 6.45) is 4.12. The fourth-order valence-corrected chi connectivity index (χ4v) is 4.67. The van der Waals surface area contributed by atoms with E-state index in [9.17, 15) is 4.79 Å². The number of nitrogens with zero attached hydrogens (tertiary/aromatic N) is 1. The van der Waals surface area contributed by atoms with E-state index in [-0.39, 0.29) is 11.9 Å². The molecule has 1 saturated heterocycles. The van der Waals surface area contributed by atoms with Crippen LogP contribution in [0.1, 0.15) is 37.3 Å². The van der Waals surface area contributed by atoms with Gasteiger partial charge in [-0.2, -0.15) is 0 Å². The highest BCUT2D eigenvalue weighted by Gasteiger charge is 2.43. The molecule has 1 unspecified atom stereocenters. The molecule has 2 aliphatic rings. The second-order valence-electron chi connectivity index (χ2n) is 7.21. The fourth-order valence-electron chi connectivity index (χ4n) is 4.67. The average molecular weight is 312 g/mol. The van der Waals surface area contributed by atoms with Gasteiger partial charge < -0.3 is 9.72 Å². The van der Waals surface area contributed by atoms with E-state index in [4.69, 9.17) is 4.74 Å². The predicted octanol–water partition coefficient (Wildman–Crippen LogP) is 3.08. The summed E-state index contributed by atoms with van der Waals surface area (Å²) >= 11 is 0. The van der Waals surface area contributed by atoms with Gasteiger partial charge in [0.25, 0.3) is 0 Å². The summed E-state index contributed by atoms with van der Waals surface area (Å²) in [5.74, 6) is 0.308. The second kappa shape index (κ2) is 5.38. The molecular weight excluding hydrogens is 288 g/mol. The maximum Gasteiger partial charge on any atom is 0.309 e. The number of likely N-dealkylation sites (tertiary alicyclic amines) is 1. The van der Waals surface area contributed by atoms with Gasteiger partial charge in [-0.25, -0.2) is 0 Å². The van der Waals surface area contributed by atoms with Crippen LogP contribution < -0.4 is 0 Å². The molecule has 4 nitrogen and oxygen atoms in total. The summed E-state index contributed by atoms with van der Waals surface area (Å²) in [5.41, 5.74) is 4.03. The lowest BCUT2D eigenvalue weighted by Gasteiger charge is -2.48. The number of hydrogen-bond acceptors (Lipinski definition) is 3. The van der Waals surface area contributed by atoms with E-state index in [1.807, 2.05) is 0 Å². The smallest absolute Gasteiger partial charge is 0.309 e. The molecule has 1 N–H and O–H groups in total. The molecule has 2 heterocycles. The summed E-state index contributed by atoms with van der Waals surface area (Å²) in [5, 5.41) is 1.38. The van der Waals surface area contributed by atoms with E-state index in [0.29, 0.717) is 18.0 Å². The van der Waals surface area contributed by atoms with Crippen molar-refractivity contribution in [2.45, 2.75) is 44.7 Å². The van der Waals surface area contributed by atoms with Crippen LogP contribution in [-0.4, -0.2) is 41.6 Å². The van der Waals surface area contributed by atoms with Gasteiger partial charge in [0.05, 0.1) is 13.0 Å². The van der Waals surface area contributed by atoms with Crippen molar-refractivity contribution < 1.29 is 9.53 Å². The van der Waals surface area contributed by atoms with Crippen LogP contribution >= 0.6 is 0 Å². The Morgan fingerprint density at radius 3 is 2.96 bits per heavy atom. The number of aromatic amines is 1. The SMILES string of the molecule is COC(=O)[C@@H]1CC2c3cccc4[nH]cc(c34)C[C@H]2N(C(C)C)C1. The Kier molecular flexibility index (Phi) is 3.45. The minimum absolute atomic E-state index is 0.0283. The van der Waals surface area contributed by atoms with Crippen LogP contribution in [0.2, 0.25) is 0 Å². The molecule has 23 heavy (non-hydrogen) atoms. The van der Waals surface area contributed by atoms with Crippen LogP contribution in [0.4, 0.5) is 0 Å². The Labute approximate surface area is 136 Å². The van der Waals surface area contributed by atoms with Gasteiger partial charge in [-0.15, -0.1) is 0 Å². The average Bonchev–Trinajstić information content (AvgIpc) is 2.98. The Hall–Kier alpha value is -1.81. The van der Waals surface area contributed by atoms with Crippen LogP contribution in [-0.2, 0) is 16.0 Å². The predicted molar refractivity (Wildman–Crippen MR) is 90.5 cm³/mol. The van der Waals surface area contributed by atoms with Crippen molar-refractivity contribution in [3.63, 3.8) is 0 Å². The third kappa shape index (κ3) is 2.19. The molecule has 3 atom stereocenters. The lowest BCUT2D eigenvalue weighted by atomic mass is 9.72. The normalized spacial score (nSPS) is 27.2. The fraction of sp³-hybridized carbons (Fsp3) is 0.526. The van der Waals surface area contributed by atoms with Crippen LogP contribution in [0.3, 0.4) is 0 Å². The molecule has 2 aromatic rings. The molecule has 4 heteroatoms. The summed E-state index contributed by atoms with van der Waals surface area (Å²) < 4.78 is 5.05. The molecule has 4 rings (SSSR count). The van der Waals surface area contributed by atoms with Crippen molar-refractivity contribution in [1.29, 1.82) is 0 Å². The van der Waals surface area contributed by atoms with Crippen molar-refractivity contribution in [3.8, 4) is 0 Å². The molecular formula is C19H24N2O2. The number of aromatic nitrogens is 1. The maximum absolute atomic E-state index is 12.2. The molecule has 0 spiro atoms. The van der Waals surface area contributed by atoms with Gasteiger partial charge in [0, 0.05) is 41.6 Å². The minimum atomic E-state index is -0.0684. The molecule has 1 aliphatic carbocycles. The molecule has 1 aromatic carbocycles. The Bertz CT molecular complexity index is 749. The lowest BCUT2D eigenvalue weighted by molar-refractivity contribution is -0.148. The van der Waals surface area contributed by atoms with Crippen LogP contribution in [0.15, 0.2) is 24.4 Å². The van der Waals surface area contributed by atoms with Gasteiger partial charge in [-0.05, 0) is 43.9 Å². The van der Waals surface area contributed by atoms with E-state index in [1.165, 1.54) is 29.1 Å². The number of fused-ring (bicyclic) bond motifs is 2. The number of carbonyl (C=O) groups excluding carboxylic acids is 1. The zero-order chi connectivity index (χ0) is 16.1. The quantitative estimate of drug-likeness (QED) is 0.867. The number of benzene rings is 1. The first-order chi connectivity index (χ1) is 11.1. The summed E-state index contributed by atoms with van der Waals surface area (Å²) in [6, 6.07) is 7.42. The highest BCUT2D eigenvalue weighted by atomic mass is 16.5. The van der Waals surface area contributed by atoms with Crippen LogP contribution in [0, 0.1) is 5.92 Å². The van der Waals surface area contributed by atoms with Crippen molar-refractivity contribution in [2.24, 2.45) is 5.92 Å². The number of ether oxygens (including phenoxy) is 1. The lowest BCUT2D eigenvalue weighted by Crippen LogP contribution is -2.54. The number of carbonyl (C=O) groups is 1. The Balaban J connectivity index is 1.80. The zero-order valence-electron chi connectivity index (χ0n) is 14.0. The minimum Gasteiger partial charge on any atom is -0.469 e. The summed E-state index contributed by atoms with van der Waals surface area (Å²) in [7, 11) is 1.50. The number of H-pyrrole nitrogens is 1. The summed E-state index contributed by atoms with van der Waals surface area (Å²) in [4.78, 5) is 18.1. The standard InChI is InChI=1S/C19H24N2O2/c1-11(2)21-10-13(19(22)23-3)7-15-14-5-4-6-16-18(14)12(9-20-16)8-17(15)21/h4-6,9,11,13,15,17,20H,7-8,10H2,1-3H3/t13-,15?,17-/m1/s1. The number of methoxy groups -OCH3 is 1. The highest BCUT2D eigenvalue weighted by Crippen LogP contribution is 2.45. The first-order valence-electron chi connectivity index (χ1n) is 8.52. The number of rotatable bonds is 2. The molecule has 0 radical (unpaired) electrons. The van der Waals surface area contributed by atoms with Crippen molar-refractivity contribution in [2.75, 3.05) is 13.7 Å². The topological polar surface area (TPSA) is 45.3 Å². The van der Waals surface area contributed by atoms with Crippen LogP contribution in [0.5, 0.6) is 0 Å². The van der Waals surface area contributed by atoms with Crippen molar-refractivity contribution >= 4 is 16.9 Å². The Morgan fingerprint density at radius 1 is 1.39 bits per heavy atom. The van der Waals surface area contributed by atoms with Gasteiger partial charge in [0.1, 0.15) is 0 Å². The van der Waals surface area contributed by atoms with E-state index >= 15 is 0 Å². The molecule has 0 bridgehead atoms. The monoisotopic (exact) mass is 312 g/mol. The third-order valence-electron chi connectivity index (χ3n) is 5.71. The first-order valence-corrected chi connectivity index (χ1v) is 8.52. The summed E-state index contributed by atoms with van der Waals surface area (Å²) in [6.45, 7) is 5.26. The number of esters is 1. The molecule has 0 amide bonds. The second-order valence-corrected chi connectivity index (χ2v) is 7.21. The highest BCUT2D eigenvalue weighted by molar-refractivity contribution is 5.88. The van der Waals surface area contributed by atoms with Crippen molar-refractivity contribution in [1.82, 2.24) is 9.88 Å².